The molecule has 0 bridgehead atoms. The zero-order valence-electron chi connectivity index (χ0n) is 10.3. The van der Waals surface area contributed by atoms with Gasteiger partial charge in [-0.1, -0.05) is 30.0 Å². The molecule has 1 unspecified atom stereocenters. The molecule has 2 aromatic rings. The van der Waals surface area contributed by atoms with E-state index in [9.17, 15) is 4.79 Å². The molecule has 0 aliphatic carbocycles. The maximum Gasteiger partial charge on any atom is 0.306 e. The number of ether oxygens (including phenoxy) is 1. The first-order valence-corrected chi connectivity index (χ1v) is 7.42. The van der Waals surface area contributed by atoms with Gasteiger partial charge in [-0.2, -0.15) is 0 Å². The van der Waals surface area contributed by atoms with Crippen LogP contribution in [-0.4, -0.2) is 27.8 Å². The third-order valence-electron chi connectivity index (χ3n) is 2.21. The van der Waals surface area contributed by atoms with Crippen LogP contribution in [0.1, 0.15) is 20.3 Å². The summed E-state index contributed by atoms with van der Waals surface area (Å²) in [6.45, 7) is 4.25. The van der Waals surface area contributed by atoms with E-state index in [1.165, 1.54) is 0 Å². The SMILES string of the molecule is CCOC(=O)CC(C)Sc1nc2cccnc2s1. The second-order valence-corrected chi connectivity index (χ2v) is 6.41. The average Bonchev–Trinajstić information content (AvgIpc) is 2.70. The van der Waals surface area contributed by atoms with Crippen molar-refractivity contribution in [3.63, 3.8) is 0 Å². The quantitative estimate of drug-likeness (QED) is 0.623. The van der Waals surface area contributed by atoms with Crippen LogP contribution < -0.4 is 0 Å². The number of thiazole rings is 1. The standard InChI is InChI=1S/C12H14N2O2S2/c1-3-16-10(15)7-8(2)17-12-14-9-5-4-6-13-11(9)18-12/h4-6,8H,3,7H2,1-2H3. The van der Waals surface area contributed by atoms with Gasteiger partial charge >= 0.3 is 5.97 Å². The van der Waals surface area contributed by atoms with Crippen LogP contribution >= 0.6 is 23.1 Å². The van der Waals surface area contributed by atoms with Crippen molar-refractivity contribution in [2.24, 2.45) is 0 Å². The van der Waals surface area contributed by atoms with Crippen molar-refractivity contribution in [3.05, 3.63) is 18.3 Å². The van der Waals surface area contributed by atoms with Gasteiger partial charge in [-0.15, -0.1) is 0 Å². The Morgan fingerprint density at radius 3 is 3.17 bits per heavy atom. The van der Waals surface area contributed by atoms with E-state index in [2.05, 4.69) is 9.97 Å². The maximum absolute atomic E-state index is 11.4. The monoisotopic (exact) mass is 282 g/mol. The predicted octanol–water partition coefficient (Wildman–Crippen LogP) is 3.13. The zero-order chi connectivity index (χ0) is 13.0. The lowest BCUT2D eigenvalue weighted by Gasteiger charge is -2.07. The van der Waals surface area contributed by atoms with E-state index in [0.717, 1.165) is 14.7 Å². The Labute approximate surface area is 114 Å². The molecule has 0 aliphatic heterocycles. The summed E-state index contributed by atoms with van der Waals surface area (Å²) in [4.78, 5) is 21.0. The summed E-state index contributed by atoms with van der Waals surface area (Å²) in [5.41, 5.74) is 0.910. The average molecular weight is 282 g/mol. The number of esters is 1. The molecule has 18 heavy (non-hydrogen) atoms. The van der Waals surface area contributed by atoms with Crippen molar-refractivity contribution in [2.75, 3.05) is 6.61 Å². The number of rotatable bonds is 5. The number of hydrogen-bond donors (Lipinski definition) is 0. The molecule has 0 radical (unpaired) electrons. The molecule has 2 heterocycles. The molecular weight excluding hydrogens is 268 g/mol. The van der Waals surface area contributed by atoms with Crippen molar-refractivity contribution >= 4 is 39.4 Å². The van der Waals surface area contributed by atoms with Crippen LogP contribution in [0.4, 0.5) is 0 Å². The topological polar surface area (TPSA) is 52.1 Å². The number of thioether (sulfide) groups is 1. The van der Waals surface area contributed by atoms with E-state index < -0.39 is 0 Å². The molecule has 6 heteroatoms. The molecule has 4 nitrogen and oxygen atoms in total. The van der Waals surface area contributed by atoms with Crippen LogP contribution in [0.5, 0.6) is 0 Å². The fourth-order valence-electron chi connectivity index (χ4n) is 1.47. The fourth-order valence-corrected chi connectivity index (χ4v) is 3.75. The van der Waals surface area contributed by atoms with Crippen LogP contribution in [0.3, 0.4) is 0 Å². The Morgan fingerprint density at radius 2 is 2.44 bits per heavy atom. The Hall–Kier alpha value is -1.14. The summed E-state index contributed by atoms with van der Waals surface area (Å²) in [7, 11) is 0. The minimum absolute atomic E-state index is 0.156. The van der Waals surface area contributed by atoms with Gasteiger partial charge in [0.05, 0.1) is 13.0 Å². The summed E-state index contributed by atoms with van der Waals surface area (Å²) < 4.78 is 5.87. The molecule has 2 aromatic heterocycles. The van der Waals surface area contributed by atoms with Crippen molar-refractivity contribution in [1.82, 2.24) is 9.97 Å². The minimum Gasteiger partial charge on any atom is -0.466 e. The van der Waals surface area contributed by atoms with Gasteiger partial charge in [-0.25, -0.2) is 9.97 Å². The number of nitrogens with zero attached hydrogens (tertiary/aromatic N) is 2. The van der Waals surface area contributed by atoms with Gasteiger partial charge in [0.15, 0.2) is 4.34 Å². The Kier molecular flexibility index (Phi) is 4.54. The summed E-state index contributed by atoms with van der Waals surface area (Å²) >= 11 is 3.14. The lowest BCUT2D eigenvalue weighted by atomic mass is 10.3. The smallest absolute Gasteiger partial charge is 0.306 e. The first-order chi connectivity index (χ1) is 8.69. The molecule has 1 atom stereocenters. The lowest BCUT2D eigenvalue weighted by molar-refractivity contribution is -0.142. The van der Waals surface area contributed by atoms with E-state index in [1.807, 2.05) is 26.0 Å². The lowest BCUT2D eigenvalue weighted by Crippen LogP contribution is -2.10. The van der Waals surface area contributed by atoms with Gasteiger partial charge in [-0.05, 0) is 19.1 Å². The van der Waals surface area contributed by atoms with E-state index in [1.54, 1.807) is 29.3 Å². The third-order valence-corrected chi connectivity index (χ3v) is 4.38. The highest BCUT2D eigenvalue weighted by molar-refractivity contribution is 8.01. The number of carbonyl (C=O) groups is 1. The second kappa shape index (κ2) is 6.15. The van der Waals surface area contributed by atoms with E-state index in [-0.39, 0.29) is 11.2 Å². The van der Waals surface area contributed by atoms with E-state index in [4.69, 9.17) is 4.74 Å². The van der Waals surface area contributed by atoms with Crippen LogP contribution in [0, 0.1) is 0 Å². The van der Waals surface area contributed by atoms with Crippen molar-refractivity contribution in [3.8, 4) is 0 Å². The Balaban J connectivity index is 1.98. The molecule has 0 N–H and O–H groups in total. The Bertz CT molecular complexity index is 509. The zero-order valence-corrected chi connectivity index (χ0v) is 11.9. The molecule has 0 saturated carbocycles. The number of aromatic nitrogens is 2. The maximum atomic E-state index is 11.4. The number of fused-ring (bicyclic) bond motifs is 1. The molecule has 0 amide bonds. The fraction of sp³-hybridized carbons (Fsp3) is 0.417. The number of carbonyl (C=O) groups excluding carboxylic acids is 1. The highest BCUT2D eigenvalue weighted by Gasteiger charge is 2.14. The van der Waals surface area contributed by atoms with Crippen molar-refractivity contribution in [2.45, 2.75) is 29.9 Å². The minimum atomic E-state index is -0.156. The largest absolute Gasteiger partial charge is 0.466 e. The van der Waals surface area contributed by atoms with Crippen LogP contribution in [0.2, 0.25) is 0 Å². The first-order valence-electron chi connectivity index (χ1n) is 5.73. The molecule has 0 fully saturated rings. The first kappa shape index (κ1) is 13.3. The number of hydrogen-bond acceptors (Lipinski definition) is 6. The summed E-state index contributed by atoms with van der Waals surface area (Å²) in [5, 5.41) is 0.157. The third kappa shape index (κ3) is 3.43. The molecular formula is C12H14N2O2S2. The van der Waals surface area contributed by atoms with Gasteiger partial charge in [-0.3, -0.25) is 4.79 Å². The van der Waals surface area contributed by atoms with Gasteiger partial charge in [0.2, 0.25) is 0 Å². The van der Waals surface area contributed by atoms with Crippen molar-refractivity contribution < 1.29 is 9.53 Å². The number of pyridine rings is 1. The normalized spacial score (nSPS) is 12.6. The summed E-state index contributed by atoms with van der Waals surface area (Å²) in [6, 6.07) is 3.82. The summed E-state index contributed by atoms with van der Waals surface area (Å²) in [6.07, 6.45) is 2.17. The molecule has 96 valence electrons. The van der Waals surface area contributed by atoms with Gasteiger partial charge in [0, 0.05) is 11.4 Å². The molecule has 0 aromatic carbocycles. The van der Waals surface area contributed by atoms with Gasteiger partial charge < -0.3 is 4.74 Å². The highest BCUT2D eigenvalue weighted by atomic mass is 32.2. The van der Waals surface area contributed by atoms with Crippen molar-refractivity contribution in [1.29, 1.82) is 0 Å². The molecule has 0 spiro atoms. The van der Waals surface area contributed by atoms with Gasteiger partial charge in [0.25, 0.3) is 0 Å². The molecule has 0 aliphatic rings. The van der Waals surface area contributed by atoms with Crippen LogP contribution in [0.25, 0.3) is 10.3 Å². The second-order valence-electron chi connectivity index (χ2n) is 3.75. The van der Waals surface area contributed by atoms with E-state index in [0.29, 0.717) is 13.0 Å². The molecule has 2 rings (SSSR count). The predicted molar refractivity (Wildman–Crippen MR) is 74.0 cm³/mol. The summed E-state index contributed by atoms with van der Waals surface area (Å²) in [5.74, 6) is -0.156. The van der Waals surface area contributed by atoms with Crippen LogP contribution in [-0.2, 0) is 9.53 Å². The highest BCUT2D eigenvalue weighted by Crippen LogP contribution is 2.31. The Morgan fingerprint density at radius 1 is 1.61 bits per heavy atom. The van der Waals surface area contributed by atoms with Gasteiger partial charge in [0.1, 0.15) is 10.3 Å². The molecule has 0 saturated heterocycles. The van der Waals surface area contributed by atoms with Crippen LogP contribution in [0.15, 0.2) is 22.7 Å². The van der Waals surface area contributed by atoms with E-state index >= 15 is 0 Å².